The van der Waals surface area contributed by atoms with Gasteiger partial charge in [0.2, 0.25) is 0 Å². The predicted octanol–water partition coefficient (Wildman–Crippen LogP) is 3.60. The van der Waals surface area contributed by atoms with Crippen molar-refractivity contribution in [3.05, 3.63) is 39.9 Å². The van der Waals surface area contributed by atoms with E-state index in [0.29, 0.717) is 5.56 Å². The number of hydrogen-bond donors (Lipinski definition) is 1. The zero-order valence-corrected chi connectivity index (χ0v) is 10.2. The van der Waals surface area contributed by atoms with E-state index in [-0.39, 0.29) is 27.4 Å². The Bertz CT molecular complexity index is 567. The first-order valence-electron chi connectivity index (χ1n) is 4.67. The van der Waals surface area contributed by atoms with Gasteiger partial charge in [0.1, 0.15) is 5.75 Å². The maximum Gasteiger partial charge on any atom is 0.181 e. The highest BCUT2D eigenvalue weighted by Gasteiger charge is 2.11. The second-order valence-corrected chi connectivity index (χ2v) is 4.17. The molecule has 2 aromatic rings. The summed E-state index contributed by atoms with van der Waals surface area (Å²) in [5.74, 6) is -0.420. The molecule has 0 radical (unpaired) electrons. The first-order chi connectivity index (χ1) is 7.99. The Hall–Kier alpha value is -1.39. The normalized spacial score (nSPS) is 10.6. The minimum absolute atomic E-state index is 0.0413. The molecular formula is C11H7Cl2FN2O. The van der Waals surface area contributed by atoms with Crippen LogP contribution in [0.5, 0.6) is 5.75 Å². The highest BCUT2D eigenvalue weighted by molar-refractivity contribution is 6.32. The van der Waals surface area contributed by atoms with E-state index in [0.717, 1.165) is 0 Å². The summed E-state index contributed by atoms with van der Waals surface area (Å²) in [5.41, 5.74) is 0.710. The van der Waals surface area contributed by atoms with Crippen molar-refractivity contribution < 1.29 is 9.50 Å². The zero-order valence-electron chi connectivity index (χ0n) is 8.71. The topological polar surface area (TPSA) is 46.0 Å². The summed E-state index contributed by atoms with van der Waals surface area (Å²) in [6, 6.07) is 4.47. The third-order valence-electron chi connectivity index (χ3n) is 2.18. The van der Waals surface area contributed by atoms with Gasteiger partial charge in [-0.25, -0.2) is 14.4 Å². The Labute approximate surface area is 107 Å². The van der Waals surface area contributed by atoms with E-state index in [9.17, 15) is 9.50 Å². The van der Waals surface area contributed by atoms with Crippen LogP contribution in [-0.2, 0) is 0 Å². The van der Waals surface area contributed by atoms with Crippen molar-refractivity contribution >= 4 is 23.2 Å². The van der Waals surface area contributed by atoms with Gasteiger partial charge in [-0.15, -0.1) is 0 Å². The highest BCUT2D eigenvalue weighted by atomic mass is 35.5. The average molecular weight is 273 g/mol. The van der Waals surface area contributed by atoms with Crippen LogP contribution in [0.3, 0.4) is 0 Å². The molecule has 2 rings (SSSR count). The van der Waals surface area contributed by atoms with Gasteiger partial charge in [0.25, 0.3) is 0 Å². The summed E-state index contributed by atoms with van der Waals surface area (Å²) in [6.07, 6.45) is 0. The molecule has 1 heterocycles. The smallest absolute Gasteiger partial charge is 0.181 e. The zero-order chi connectivity index (χ0) is 12.6. The molecular weight excluding hydrogens is 266 g/mol. The fraction of sp³-hybridized carbons (Fsp3) is 0.0909. The van der Waals surface area contributed by atoms with Gasteiger partial charge in [0, 0.05) is 5.56 Å². The monoisotopic (exact) mass is 272 g/mol. The quantitative estimate of drug-likeness (QED) is 0.807. The van der Waals surface area contributed by atoms with E-state index in [2.05, 4.69) is 9.97 Å². The van der Waals surface area contributed by atoms with E-state index >= 15 is 0 Å². The third-order valence-corrected chi connectivity index (χ3v) is 2.74. The molecule has 0 bridgehead atoms. The summed E-state index contributed by atoms with van der Waals surface area (Å²) >= 11 is 11.4. The summed E-state index contributed by atoms with van der Waals surface area (Å²) in [7, 11) is 0. The number of aromatic hydroxyl groups is 1. The molecule has 1 N–H and O–H groups in total. The molecule has 1 aromatic carbocycles. The number of aryl methyl sites for hydroxylation is 1. The van der Waals surface area contributed by atoms with Gasteiger partial charge in [0.15, 0.2) is 16.8 Å². The Morgan fingerprint density at radius 2 is 1.94 bits per heavy atom. The van der Waals surface area contributed by atoms with E-state index < -0.39 is 5.82 Å². The van der Waals surface area contributed by atoms with Gasteiger partial charge in [0.05, 0.1) is 10.7 Å². The van der Waals surface area contributed by atoms with Crippen LogP contribution >= 0.6 is 23.2 Å². The summed E-state index contributed by atoms with van der Waals surface area (Å²) in [6.45, 7) is 1.49. The second kappa shape index (κ2) is 4.47. The molecule has 0 saturated carbocycles. The van der Waals surface area contributed by atoms with E-state index in [1.165, 1.54) is 19.1 Å². The average Bonchev–Trinajstić information content (AvgIpc) is 2.29. The number of hydrogen-bond acceptors (Lipinski definition) is 3. The maximum atomic E-state index is 13.2. The van der Waals surface area contributed by atoms with Gasteiger partial charge in [-0.05, 0) is 25.1 Å². The Morgan fingerprint density at radius 1 is 1.24 bits per heavy atom. The largest absolute Gasteiger partial charge is 0.506 e. The predicted molar refractivity (Wildman–Crippen MR) is 63.8 cm³/mol. The molecule has 0 spiro atoms. The lowest BCUT2D eigenvalue weighted by Crippen LogP contribution is -1.97. The molecule has 17 heavy (non-hydrogen) atoms. The summed E-state index contributed by atoms with van der Waals surface area (Å²) < 4.78 is 13.2. The standard InChI is InChI=1S/C11H7Cl2FN2O/c1-5-9(14)10(13)16-11(15-5)6-2-3-8(17)7(12)4-6/h2-4,17H,1H3. The third kappa shape index (κ3) is 2.33. The minimum Gasteiger partial charge on any atom is -0.506 e. The second-order valence-electron chi connectivity index (χ2n) is 3.40. The highest BCUT2D eigenvalue weighted by Crippen LogP contribution is 2.28. The van der Waals surface area contributed by atoms with Crippen LogP contribution in [-0.4, -0.2) is 15.1 Å². The molecule has 0 atom stereocenters. The molecule has 0 saturated heterocycles. The molecule has 0 fully saturated rings. The van der Waals surface area contributed by atoms with E-state index in [1.54, 1.807) is 6.07 Å². The van der Waals surface area contributed by atoms with Gasteiger partial charge in [-0.2, -0.15) is 0 Å². The first kappa shape index (κ1) is 12.1. The van der Waals surface area contributed by atoms with E-state index in [4.69, 9.17) is 23.2 Å². The van der Waals surface area contributed by atoms with Crippen molar-refractivity contribution in [2.75, 3.05) is 0 Å². The van der Waals surface area contributed by atoms with Crippen molar-refractivity contribution in [1.29, 1.82) is 0 Å². The molecule has 0 aliphatic carbocycles. The van der Waals surface area contributed by atoms with Crippen molar-refractivity contribution in [3.8, 4) is 17.1 Å². The molecule has 0 aliphatic rings. The Kier molecular flexibility index (Phi) is 3.17. The molecule has 3 nitrogen and oxygen atoms in total. The number of benzene rings is 1. The molecule has 88 valence electrons. The SMILES string of the molecule is Cc1nc(-c2ccc(O)c(Cl)c2)nc(Cl)c1F. The van der Waals surface area contributed by atoms with Crippen LogP contribution in [0.2, 0.25) is 10.2 Å². The fourth-order valence-electron chi connectivity index (χ4n) is 1.30. The lowest BCUT2D eigenvalue weighted by Gasteiger charge is -2.05. The molecule has 0 amide bonds. The van der Waals surface area contributed by atoms with E-state index in [1.807, 2.05) is 0 Å². The Morgan fingerprint density at radius 3 is 2.53 bits per heavy atom. The van der Waals surface area contributed by atoms with Crippen LogP contribution in [0.15, 0.2) is 18.2 Å². The van der Waals surface area contributed by atoms with Gasteiger partial charge in [-0.1, -0.05) is 23.2 Å². The fourth-order valence-corrected chi connectivity index (χ4v) is 1.70. The summed E-state index contributed by atoms with van der Waals surface area (Å²) in [4.78, 5) is 7.78. The van der Waals surface area contributed by atoms with Gasteiger partial charge in [-0.3, -0.25) is 0 Å². The number of phenols is 1. The molecule has 1 aromatic heterocycles. The van der Waals surface area contributed by atoms with Crippen LogP contribution in [0.25, 0.3) is 11.4 Å². The molecule has 0 unspecified atom stereocenters. The first-order valence-corrected chi connectivity index (χ1v) is 5.43. The van der Waals surface area contributed by atoms with Crippen molar-refractivity contribution in [3.63, 3.8) is 0 Å². The number of halogens is 3. The molecule has 6 heteroatoms. The molecule has 0 aliphatic heterocycles. The van der Waals surface area contributed by atoms with Gasteiger partial charge >= 0.3 is 0 Å². The summed E-state index contributed by atoms with van der Waals surface area (Å²) in [5, 5.41) is 9.22. The van der Waals surface area contributed by atoms with Crippen molar-refractivity contribution in [1.82, 2.24) is 9.97 Å². The van der Waals surface area contributed by atoms with Crippen LogP contribution in [0.4, 0.5) is 4.39 Å². The number of aromatic nitrogens is 2. The van der Waals surface area contributed by atoms with Crippen molar-refractivity contribution in [2.24, 2.45) is 0 Å². The lowest BCUT2D eigenvalue weighted by atomic mass is 10.2. The number of phenolic OH excluding ortho intramolecular Hbond substituents is 1. The number of rotatable bonds is 1. The minimum atomic E-state index is -0.639. The van der Waals surface area contributed by atoms with Gasteiger partial charge < -0.3 is 5.11 Å². The van der Waals surface area contributed by atoms with Crippen molar-refractivity contribution in [2.45, 2.75) is 6.92 Å². The number of nitrogens with zero attached hydrogens (tertiary/aromatic N) is 2. The van der Waals surface area contributed by atoms with Crippen LogP contribution < -0.4 is 0 Å². The van der Waals surface area contributed by atoms with Crippen LogP contribution in [0.1, 0.15) is 5.69 Å². The lowest BCUT2D eigenvalue weighted by molar-refractivity contribution is 0.475. The maximum absolute atomic E-state index is 13.2. The Balaban J connectivity index is 2.57. The van der Waals surface area contributed by atoms with Crippen LogP contribution in [0, 0.1) is 12.7 Å².